The van der Waals surface area contributed by atoms with Crippen LogP contribution >= 0.6 is 11.8 Å². The maximum atomic E-state index is 13.2. The lowest BCUT2D eigenvalue weighted by molar-refractivity contribution is -0.129. The number of rotatable bonds is 8. The molecule has 1 atom stereocenters. The molecule has 1 unspecified atom stereocenters. The van der Waals surface area contributed by atoms with E-state index in [0.717, 1.165) is 25.4 Å². The van der Waals surface area contributed by atoms with Crippen LogP contribution in [0.5, 0.6) is 11.5 Å². The van der Waals surface area contributed by atoms with Crippen LogP contribution in [-0.2, 0) is 14.3 Å². The molecule has 0 aliphatic carbocycles. The Bertz CT molecular complexity index is 1040. The summed E-state index contributed by atoms with van der Waals surface area (Å²) >= 11 is 1.31. The minimum atomic E-state index is -0.582. The summed E-state index contributed by atoms with van der Waals surface area (Å²) in [6, 6.07) is 14.4. The zero-order valence-electron chi connectivity index (χ0n) is 19.9. The van der Waals surface area contributed by atoms with Crippen molar-refractivity contribution in [2.45, 2.75) is 11.7 Å². The number of nitrogens with one attached hydrogen (secondary N) is 1. The largest absolute Gasteiger partial charge is 0.497 e. The summed E-state index contributed by atoms with van der Waals surface area (Å²) in [5.41, 5.74) is 1.33. The van der Waals surface area contributed by atoms with Gasteiger partial charge in [-0.25, -0.2) is 4.99 Å². The molecule has 2 aliphatic rings. The van der Waals surface area contributed by atoms with Gasteiger partial charge in [0.25, 0.3) is 0 Å². The summed E-state index contributed by atoms with van der Waals surface area (Å²) in [6.07, 6.45) is 0.109. The molecule has 2 heterocycles. The first-order chi connectivity index (χ1) is 17.1. The van der Waals surface area contributed by atoms with Gasteiger partial charge < -0.3 is 19.5 Å². The highest BCUT2D eigenvalue weighted by molar-refractivity contribution is 8.15. The van der Waals surface area contributed by atoms with Gasteiger partial charge in [0.15, 0.2) is 5.17 Å². The van der Waals surface area contributed by atoms with E-state index in [-0.39, 0.29) is 18.2 Å². The third-order valence-electron chi connectivity index (χ3n) is 5.83. The monoisotopic (exact) mass is 498 g/mol. The van der Waals surface area contributed by atoms with Gasteiger partial charge in [0.05, 0.1) is 33.1 Å². The molecule has 2 aromatic rings. The number of amides is 2. The minimum absolute atomic E-state index is 0.109. The van der Waals surface area contributed by atoms with Crippen molar-refractivity contribution in [1.29, 1.82) is 0 Å². The lowest BCUT2D eigenvalue weighted by Crippen LogP contribution is -2.49. The van der Waals surface area contributed by atoms with E-state index in [0.29, 0.717) is 42.1 Å². The minimum Gasteiger partial charge on any atom is -0.497 e. The molecule has 0 bridgehead atoms. The van der Waals surface area contributed by atoms with Crippen molar-refractivity contribution in [1.82, 2.24) is 9.80 Å². The van der Waals surface area contributed by atoms with Gasteiger partial charge in [0, 0.05) is 38.3 Å². The number of amidine groups is 1. The van der Waals surface area contributed by atoms with Gasteiger partial charge in [-0.3, -0.25) is 19.4 Å². The summed E-state index contributed by atoms with van der Waals surface area (Å²) in [5, 5.41) is 2.84. The van der Waals surface area contributed by atoms with Gasteiger partial charge >= 0.3 is 0 Å². The molecule has 2 saturated heterocycles. The first-order valence-electron chi connectivity index (χ1n) is 11.5. The first-order valence-corrected chi connectivity index (χ1v) is 12.4. The number of ether oxygens (including phenoxy) is 3. The third-order valence-corrected chi connectivity index (χ3v) is 7.02. The summed E-state index contributed by atoms with van der Waals surface area (Å²) in [5.74, 6) is 1.08. The van der Waals surface area contributed by atoms with E-state index in [9.17, 15) is 9.59 Å². The Balaban J connectivity index is 1.50. The van der Waals surface area contributed by atoms with Crippen molar-refractivity contribution in [3.05, 3.63) is 48.5 Å². The molecule has 2 aromatic carbocycles. The molecule has 2 amide bonds. The Kier molecular flexibility index (Phi) is 8.62. The van der Waals surface area contributed by atoms with Crippen molar-refractivity contribution in [2.75, 3.05) is 58.9 Å². The molecule has 1 N–H and O–H groups in total. The molecule has 0 aromatic heterocycles. The number of benzene rings is 2. The van der Waals surface area contributed by atoms with Crippen LogP contribution in [0.1, 0.15) is 6.42 Å². The second kappa shape index (κ2) is 12.1. The molecule has 2 fully saturated rings. The van der Waals surface area contributed by atoms with Gasteiger partial charge in [0.2, 0.25) is 11.8 Å². The zero-order chi connectivity index (χ0) is 24.6. The SMILES string of the molecule is COc1ccc(N=C2SC(C(=O)Nc3ccc(OC)cc3)CC(=O)N2CCN2CCOCC2)cc1. The molecule has 186 valence electrons. The predicted molar refractivity (Wildman–Crippen MR) is 137 cm³/mol. The predicted octanol–water partition coefficient (Wildman–Crippen LogP) is 3.00. The smallest absolute Gasteiger partial charge is 0.238 e. The maximum absolute atomic E-state index is 13.2. The van der Waals surface area contributed by atoms with Crippen LogP contribution in [0.25, 0.3) is 0 Å². The summed E-state index contributed by atoms with van der Waals surface area (Å²) in [6.45, 7) is 4.31. The van der Waals surface area contributed by atoms with Crippen LogP contribution < -0.4 is 14.8 Å². The average Bonchev–Trinajstić information content (AvgIpc) is 2.89. The van der Waals surface area contributed by atoms with E-state index in [4.69, 9.17) is 19.2 Å². The number of aliphatic imine (C=N–C) groups is 1. The zero-order valence-corrected chi connectivity index (χ0v) is 20.8. The van der Waals surface area contributed by atoms with Crippen LogP contribution in [0.2, 0.25) is 0 Å². The van der Waals surface area contributed by atoms with Crippen molar-refractivity contribution in [2.24, 2.45) is 4.99 Å². The van der Waals surface area contributed by atoms with Crippen LogP contribution in [0.4, 0.5) is 11.4 Å². The lowest BCUT2D eigenvalue weighted by Gasteiger charge is -2.34. The first kappa shape index (κ1) is 25.0. The number of nitrogens with zero attached hydrogens (tertiary/aromatic N) is 3. The van der Waals surface area contributed by atoms with Crippen molar-refractivity contribution >= 4 is 40.1 Å². The van der Waals surface area contributed by atoms with Crippen LogP contribution in [0.3, 0.4) is 0 Å². The number of morpholine rings is 1. The standard InChI is InChI=1S/C25H30N4O5S/c1-32-20-7-3-18(4-8-20)26-24(31)22-17-23(30)29(12-11-28-13-15-34-16-14-28)25(35-22)27-19-5-9-21(33-2)10-6-19/h3-10,22H,11-17H2,1-2H3,(H,26,31). The van der Waals surface area contributed by atoms with E-state index >= 15 is 0 Å². The van der Waals surface area contributed by atoms with E-state index in [1.54, 1.807) is 43.4 Å². The quantitative estimate of drug-likeness (QED) is 0.598. The normalized spacial score (nSPS) is 20.1. The molecule has 35 heavy (non-hydrogen) atoms. The van der Waals surface area contributed by atoms with Gasteiger partial charge in [-0.1, -0.05) is 11.8 Å². The average molecular weight is 499 g/mol. The van der Waals surface area contributed by atoms with Crippen LogP contribution in [0.15, 0.2) is 53.5 Å². The Morgan fingerprint density at radius 3 is 2.29 bits per heavy atom. The molecule has 0 saturated carbocycles. The summed E-state index contributed by atoms with van der Waals surface area (Å²) < 4.78 is 15.8. The Morgan fingerprint density at radius 2 is 1.66 bits per heavy atom. The second-order valence-corrected chi connectivity index (χ2v) is 9.29. The van der Waals surface area contributed by atoms with Gasteiger partial charge in [-0.15, -0.1) is 0 Å². The fraction of sp³-hybridized carbons (Fsp3) is 0.400. The fourth-order valence-electron chi connectivity index (χ4n) is 3.79. The summed E-state index contributed by atoms with van der Waals surface area (Å²) in [4.78, 5) is 34.9. The van der Waals surface area contributed by atoms with Crippen LogP contribution in [0, 0.1) is 0 Å². The molecular weight excluding hydrogens is 468 g/mol. The molecule has 9 nitrogen and oxygen atoms in total. The van der Waals surface area contributed by atoms with E-state index in [1.165, 1.54) is 11.8 Å². The Labute approximate surface area is 209 Å². The molecule has 2 aliphatic heterocycles. The van der Waals surface area contributed by atoms with Gasteiger partial charge in [0.1, 0.15) is 16.7 Å². The Morgan fingerprint density at radius 1 is 1.03 bits per heavy atom. The van der Waals surface area contributed by atoms with Gasteiger partial charge in [-0.05, 0) is 48.5 Å². The fourth-order valence-corrected chi connectivity index (χ4v) is 4.92. The molecule has 0 spiro atoms. The molecular formula is C25H30N4O5S. The van der Waals surface area contributed by atoms with Crippen molar-refractivity contribution in [3.63, 3.8) is 0 Å². The van der Waals surface area contributed by atoms with E-state index < -0.39 is 5.25 Å². The number of thioether (sulfide) groups is 1. The number of methoxy groups -OCH3 is 2. The lowest BCUT2D eigenvalue weighted by atomic mass is 10.2. The topological polar surface area (TPSA) is 92.7 Å². The highest BCUT2D eigenvalue weighted by atomic mass is 32.2. The summed E-state index contributed by atoms with van der Waals surface area (Å²) in [7, 11) is 3.20. The highest BCUT2D eigenvalue weighted by Crippen LogP contribution is 2.30. The maximum Gasteiger partial charge on any atom is 0.238 e. The van der Waals surface area contributed by atoms with Crippen molar-refractivity contribution < 1.29 is 23.8 Å². The third kappa shape index (κ3) is 6.74. The van der Waals surface area contributed by atoms with Crippen molar-refractivity contribution in [3.8, 4) is 11.5 Å². The molecule has 10 heteroatoms. The molecule has 0 radical (unpaired) electrons. The van der Waals surface area contributed by atoms with Gasteiger partial charge in [-0.2, -0.15) is 0 Å². The number of hydrogen-bond acceptors (Lipinski definition) is 8. The molecule has 4 rings (SSSR count). The number of carbonyl (C=O) groups is 2. The highest BCUT2D eigenvalue weighted by Gasteiger charge is 2.36. The van der Waals surface area contributed by atoms with E-state index in [1.807, 2.05) is 24.3 Å². The number of carbonyl (C=O) groups excluding carboxylic acids is 2. The van der Waals surface area contributed by atoms with Crippen LogP contribution in [-0.4, -0.2) is 85.6 Å². The Hall–Kier alpha value is -3.08. The second-order valence-electron chi connectivity index (χ2n) is 8.12. The van der Waals surface area contributed by atoms with E-state index in [2.05, 4.69) is 10.2 Å². The number of anilines is 1. The number of hydrogen-bond donors (Lipinski definition) is 1.